The first kappa shape index (κ1) is 19.2. The van der Waals surface area contributed by atoms with Gasteiger partial charge in [0.15, 0.2) is 18.1 Å². The molecule has 2 amide bonds. The van der Waals surface area contributed by atoms with Crippen molar-refractivity contribution in [2.45, 2.75) is 32.2 Å². The Bertz CT molecular complexity index is 814. The fourth-order valence-corrected chi connectivity index (χ4v) is 3.72. The Morgan fingerprint density at radius 2 is 2.00 bits per heavy atom. The number of benzene rings is 1. The van der Waals surface area contributed by atoms with Crippen molar-refractivity contribution in [2.24, 2.45) is 0 Å². The van der Waals surface area contributed by atoms with E-state index >= 15 is 0 Å². The van der Waals surface area contributed by atoms with Crippen molar-refractivity contribution < 1.29 is 19.1 Å². The maximum absolute atomic E-state index is 12.5. The van der Waals surface area contributed by atoms with Crippen LogP contribution in [0.25, 0.3) is 0 Å². The molecule has 0 bridgehead atoms. The predicted octanol–water partition coefficient (Wildman–Crippen LogP) is 3.08. The van der Waals surface area contributed by atoms with Crippen LogP contribution in [0.5, 0.6) is 11.5 Å². The van der Waals surface area contributed by atoms with Crippen LogP contribution in [0.4, 0.5) is 0 Å². The zero-order valence-corrected chi connectivity index (χ0v) is 16.4. The van der Waals surface area contributed by atoms with Crippen LogP contribution >= 0.6 is 11.3 Å². The smallest absolute Gasteiger partial charge is 0.261 e. The van der Waals surface area contributed by atoms with E-state index in [4.69, 9.17) is 9.47 Å². The molecule has 1 fully saturated rings. The van der Waals surface area contributed by atoms with Crippen molar-refractivity contribution in [1.82, 2.24) is 10.6 Å². The van der Waals surface area contributed by atoms with Crippen molar-refractivity contribution in [2.75, 3.05) is 20.3 Å². The Morgan fingerprint density at radius 3 is 2.70 bits per heavy atom. The largest absolute Gasteiger partial charge is 0.493 e. The molecule has 1 saturated carbocycles. The molecule has 2 aromatic rings. The molecule has 1 aromatic heterocycles. The molecule has 0 radical (unpaired) electrons. The normalized spacial score (nSPS) is 13.1. The molecule has 2 N–H and O–H groups in total. The van der Waals surface area contributed by atoms with Gasteiger partial charge < -0.3 is 20.1 Å². The summed E-state index contributed by atoms with van der Waals surface area (Å²) in [6, 6.07) is 7.47. The topological polar surface area (TPSA) is 76.7 Å². The van der Waals surface area contributed by atoms with E-state index < -0.39 is 0 Å². The number of rotatable bonds is 9. The molecule has 144 valence electrons. The lowest BCUT2D eigenvalue weighted by atomic mass is 10.1. The minimum atomic E-state index is -0.182. The minimum Gasteiger partial charge on any atom is -0.493 e. The van der Waals surface area contributed by atoms with Gasteiger partial charge >= 0.3 is 0 Å². The third-order valence-corrected chi connectivity index (χ3v) is 5.26. The highest BCUT2D eigenvalue weighted by Gasteiger charge is 2.28. The van der Waals surface area contributed by atoms with Gasteiger partial charge in [-0.2, -0.15) is 0 Å². The number of nitrogens with one attached hydrogen (secondary N) is 2. The molecule has 0 spiro atoms. The average molecular weight is 388 g/mol. The zero-order chi connectivity index (χ0) is 19.2. The quantitative estimate of drug-likeness (QED) is 0.692. The number of carbonyl (C=O) groups is 2. The Balaban J connectivity index is 1.59. The first-order chi connectivity index (χ1) is 13.1. The van der Waals surface area contributed by atoms with Crippen molar-refractivity contribution in [3.8, 4) is 11.5 Å². The summed E-state index contributed by atoms with van der Waals surface area (Å²) in [6.07, 6.45) is 2.35. The molecule has 3 rings (SSSR count). The zero-order valence-electron chi connectivity index (χ0n) is 15.5. The molecular weight excluding hydrogens is 364 g/mol. The highest BCUT2D eigenvalue weighted by molar-refractivity contribution is 7.12. The van der Waals surface area contributed by atoms with Gasteiger partial charge in [-0.15, -0.1) is 11.3 Å². The van der Waals surface area contributed by atoms with Crippen molar-refractivity contribution in [1.29, 1.82) is 0 Å². The second-order valence-electron chi connectivity index (χ2n) is 6.39. The van der Waals surface area contributed by atoms with Gasteiger partial charge in [0, 0.05) is 13.1 Å². The molecule has 0 atom stereocenters. The second kappa shape index (κ2) is 8.90. The Labute approximate surface area is 162 Å². The third kappa shape index (κ3) is 5.01. The molecule has 0 aliphatic heterocycles. The van der Waals surface area contributed by atoms with Crippen LogP contribution in [0, 0.1) is 0 Å². The average Bonchev–Trinajstić information content (AvgIpc) is 3.41. The van der Waals surface area contributed by atoms with Crippen molar-refractivity contribution in [3.63, 3.8) is 0 Å². The maximum atomic E-state index is 12.5. The summed E-state index contributed by atoms with van der Waals surface area (Å²) in [5.41, 5.74) is 2.07. The fraction of sp³-hybridized carbons (Fsp3) is 0.400. The number of thiophene rings is 1. The Hall–Kier alpha value is -2.54. The van der Waals surface area contributed by atoms with Crippen LogP contribution < -0.4 is 20.1 Å². The lowest BCUT2D eigenvalue weighted by Gasteiger charge is -2.12. The van der Waals surface area contributed by atoms with Crippen LogP contribution in [0.3, 0.4) is 0 Å². The fourth-order valence-electron chi connectivity index (χ4n) is 2.81. The molecule has 27 heavy (non-hydrogen) atoms. The number of methoxy groups -OCH3 is 1. The van der Waals surface area contributed by atoms with Gasteiger partial charge in [0.25, 0.3) is 11.8 Å². The van der Waals surface area contributed by atoms with Gasteiger partial charge in [0.2, 0.25) is 0 Å². The lowest BCUT2D eigenvalue weighted by molar-refractivity contribution is -0.123. The van der Waals surface area contributed by atoms with E-state index in [1.165, 1.54) is 29.7 Å². The van der Waals surface area contributed by atoms with Gasteiger partial charge in [0.05, 0.1) is 12.0 Å². The summed E-state index contributed by atoms with van der Waals surface area (Å²) in [4.78, 5) is 24.8. The number of carbonyl (C=O) groups excluding carboxylic acids is 2. The Morgan fingerprint density at radius 1 is 1.19 bits per heavy atom. The molecular formula is C20H24N2O4S. The Kier molecular flexibility index (Phi) is 6.34. The molecule has 1 aliphatic carbocycles. The van der Waals surface area contributed by atoms with Crippen LogP contribution in [-0.4, -0.2) is 32.1 Å². The highest BCUT2D eigenvalue weighted by Crippen LogP contribution is 2.43. The van der Waals surface area contributed by atoms with Crippen molar-refractivity contribution >= 4 is 23.2 Å². The van der Waals surface area contributed by atoms with Gasteiger partial charge in [-0.05, 0) is 60.4 Å². The van der Waals surface area contributed by atoms with Crippen molar-refractivity contribution in [3.05, 3.63) is 45.6 Å². The number of ether oxygens (including phenoxy) is 2. The first-order valence-electron chi connectivity index (χ1n) is 9.04. The monoisotopic (exact) mass is 388 g/mol. The van der Waals surface area contributed by atoms with Crippen LogP contribution in [0.15, 0.2) is 29.6 Å². The summed E-state index contributed by atoms with van der Waals surface area (Å²) in [6.45, 7) is 2.74. The van der Waals surface area contributed by atoms with E-state index in [9.17, 15) is 9.59 Å². The van der Waals surface area contributed by atoms with Gasteiger partial charge in [-0.25, -0.2) is 0 Å². The maximum Gasteiger partial charge on any atom is 0.261 e. The molecule has 1 aliphatic rings. The number of hydrogen-bond acceptors (Lipinski definition) is 5. The van der Waals surface area contributed by atoms with E-state index in [1.54, 1.807) is 13.2 Å². The molecule has 0 saturated heterocycles. The van der Waals surface area contributed by atoms with Crippen LogP contribution in [0.2, 0.25) is 0 Å². The number of likely N-dealkylation sites (N-methyl/N-ethyl adjacent to an activating group) is 1. The van der Waals surface area contributed by atoms with E-state index in [1.807, 2.05) is 24.4 Å². The molecule has 1 aromatic carbocycles. The summed E-state index contributed by atoms with van der Waals surface area (Å²) in [5, 5.41) is 7.63. The van der Waals surface area contributed by atoms with Crippen LogP contribution in [-0.2, 0) is 11.3 Å². The molecule has 7 heteroatoms. The standard InChI is InChI=1S/C20H24N2O4S/c1-3-21-18(23)12-26-16-7-4-13(10-17(16)25-2)11-22-20(24)19-15(8-9-27-19)14-5-6-14/h4,7-10,14H,3,5-6,11-12H2,1-2H3,(H,21,23)(H,22,24). The van der Waals surface area contributed by atoms with E-state index in [2.05, 4.69) is 16.7 Å². The van der Waals surface area contributed by atoms with Crippen LogP contribution in [0.1, 0.15) is 46.5 Å². The van der Waals surface area contributed by atoms with E-state index in [0.29, 0.717) is 30.5 Å². The molecule has 1 heterocycles. The number of hydrogen-bond donors (Lipinski definition) is 2. The first-order valence-corrected chi connectivity index (χ1v) is 9.92. The van der Waals surface area contributed by atoms with Gasteiger partial charge in [-0.3, -0.25) is 9.59 Å². The number of amides is 2. The van der Waals surface area contributed by atoms with E-state index in [0.717, 1.165) is 10.4 Å². The second-order valence-corrected chi connectivity index (χ2v) is 7.31. The summed E-state index contributed by atoms with van der Waals surface area (Å²) in [7, 11) is 1.55. The summed E-state index contributed by atoms with van der Waals surface area (Å²) in [5.74, 6) is 1.35. The third-order valence-electron chi connectivity index (χ3n) is 4.33. The predicted molar refractivity (Wildman–Crippen MR) is 105 cm³/mol. The SMILES string of the molecule is CCNC(=O)COc1ccc(CNC(=O)c2sccc2C2CC2)cc1OC. The van der Waals surface area contributed by atoms with Gasteiger partial charge in [0.1, 0.15) is 0 Å². The summed E-state index contributed by atoms with van der Waals surface area (Å²) >= 11 is 1.49. The van der Waals surface area contributed by atoms with Gasteiger partial charge in [-0.1, -0.05) is 6.07 Å². The molecule has 0 unspecified atom stereocenters. The summed E-state index contributed by atoms with van der Waals surface area (Å²) < 4.78 is 10.9. The molecule has 6 nitrogen and oxygen atoms in total. The highest BCUT2D eigenvalue weighted by atomic mass is 32.1. The minimum absolute atomic E-state index is 0.0394. The lowest BCUT2D eigenvalue weighted by Crippen LogP contribution is -2.28. The van der Waals surface area contributed by atoms with E-state index in [-0.39, 0.29) is 18.4 Å².